The molecule has 1 heterocycles. The molecular weight excluding hydrogens is 280 g/mol. The van der Waals surface area contributed by atoms with E-state index in [0.717, 1.165) is 18.9 Å². The minimum Gasteiger partial charge on any atom is -0.377 e. The molecule has 4 heteroatoms. The molecular formula is C17H28O3Si. The fraction of sp³-hybridized carbons (Fsp3) is 0.647. The summed E-state index contributed by atoms with van der Waals surface area (Å²) in [7, 11) is -1.10. The first-order valence-electron chi connectivity index (χ1n) is 7.83. The van der Waals surface area contributed by atoms with Crippen LogP contribution in [0.4, 0.5) is 0 Å². The van der Waals surface area contributed by atoms with E-state index in [0.29, 0.717) is 13.2 Å². The summed E-state index contributed by atoms with van der Waals surface area (Å²) in [5, 5.41) is 0. The van der Waals surface area contributed by atoms with E-state index in [-0.39, 0.29) is 11.7 Å². The molecule has 2 rings (SSSR count). The van der Waals surface area contributed by atoms with Gasteiger partial charge in [-0.05, 0) is 18.5 Å². The van der Waals surface area contributed by atoms with Crippen molar-refractivity contribution in [2.24, 2.45) is 0 Å². The second kappa shape index (κ2) is 7.05. The summed E-state index contributed by atoms with van der Waals surface area (Å²) in [5.41, 5.74) is 1.02. The lowest BCUT2D eigenvalue weighted by atomic mass is 9.96. The minimum absolute atomic E-state index is 0.193. The number of hydrogen-bond donors (Lipinski definition) is 0. The van der Waals surface area contributed by atoms with Gasteiger partial charge in [0.15, 0.2) is 0 Å². The van der Waals surface area contributed by atoms with Crippen LogP contribution >= 0.6 is 0 Å². The van der Waals surface area contributed by atoms with Crippen LogP contribution in [0.3, 0.4) is 0 Å². The van der Waals surface area contributed by atoms with Crippen LogP contribution in [-0.2, 0) is 21.1 Å². The molecule has 21 heavy (non-hydrogen) atoms. The Morgan fingerprint density at radius 3 is 2.62 bits per heavy atom. The van der Waals surface area contributed by atoms with Crippen LogP contribution in [0.1, 0.15) is 25.3 Å². The monoisotopic (exact) mass is 308 g/mol. The van der Waals surface area contributed by atoms with Crippen molar-refractivity contribution in [2.75, 3.05) is 6.61 Å². The van der Waals surface area contributed by atoms with Gasteiger partial charge in [0, 0.05) is 27.5 Å². The maximum Gasteiger partial charge on any atom is 0.106 e. The number of ether oxygens (including phenoxy) is 1. The van der Waals surface area contributed by atoms with E-state index in [4.69, 9.17) is 14.5 Å². The molecule has 0 spiro atoms. The first-order valence-corrected chi connectivity index (χ1v) is 11.5. The highest BCUT2D eigenvalue weighted by atomic mass is 28.3. The first kappa shape index (κ1) is 16.7. The number of hydrogen-bond acceptors (Lipinski definition) is 3. The SMILES string of the molecule is CC1(CCOCc2ccccc2)CC(C[Si](C)(C)C)OO1. The molecule has 0 amide bonds. The van der Waals surface area contributed by atoms with Crippen molar-refractivity contribution in [3.63, 3.8) is 0 Å². The van der Waals surface area contributed by atoms with Crippen LogP contribution in [0.25, 0.3) is 0 Å². The van der Waals surface area contributed by atoms with Crippen molar-refractivity contribution in [2.45, 2.75) is 63.8 Å². The molecule has 1 aromatic rings. The zero-order chi connectivity index (χ0) is 15.3. The van der Waals surface area contributed by atoms with Crippen LogP contribution < -0.4 is 0 Å². The smallest absolute Gasteiger partial charge is 0.106 e. The second-order valence-electron chi connectivity index (χ2n) is 7.51. The molecule has 1 aliphatic rings. The predicted molar refractivity (Wildman–Crippen MR) is 87.8 cm³/mol. The summed E-state index contributed by atoms with van der Waals surface area (Å²) in [4.78, 5) is 11.1. The topological polar surface area (TPSA) is 27.7 Å². The minimum atomic E-state index is -1.10. The Morgan fingerprint density at radius 2 is 1.95 bits per heavy atom. The van der Waals surface area contributed by atoms with Gasteiger partial charge < -0.3 is 4.74 Å². The normalized spacial score (nSPS) is 26.2. The van der Waals surface area contributed by atoms with Gasteiger partial charge in [-0.3, -0.25) is 0 Å². The van der Waals surface area contributed by atoms with Crippen molar-refractivity contribution in [3.05, 3.63) is 35.9 Å². The molecule has 118 valence electrons. The Bertz CT molecular complexity index is 429. The number of rotatable bonds is 7. The molecule has 1 aliphatic heterocycles. The van der Waals surface area contributed by atoms with Gasteiger partial charge in [-0.25, -0.2) is 9.78 Å². The van der Waals surface area contributed by atoms with E-state index in [1.807, 2.05) is 18.2 Å². The Hall–Kier alpha value is -0.683. The van der Waals surface area contributed by atoms with E-state index in [1.54, 1.807) is 0 Å². The summed E-state index contributed by atoms with van der Waals surface area (Å²) in [6.45, 7) is 10.6. The van der Waals surface area contributed by atoms with Crippen molar-refractivity contribution in [1.29, 1.82) is 0 Å². The fourth-order valence-electron chi connectivity index (χ4n) is 2.72. The molecule has 3 nitrogen and oxygen atoms in total. The van der Waals surface area contributed by atoms with E-state index < -0.39 is 8.07 Å². The van der Waals surface area contributed by atoms with Crippen molar-refractivity contribution >= 4 is 8.07 Å². The molecule has 0 radical (unpaired) electrons. The molecule has 1 fully saturated rings. The Kier molecular flexibility index (Phi) is 5.60. The van der Waals surface area contributed by atoms with Gasteiger partial charge in [0.05, 0.1) is 12.7 Å². The van der Waals surface area contributed by atoms with E-state index in [2.05, 4.69) is 38.7 Å². The van der Waals surface area contributed by atoms with Gasteiger partial charge in [0.25, 0.3) is 0 Å². The van der Waals surface area contributed by atoms with E-state index in [9.17, 15) is 0 Å². The quantitative estimate of drug-likeness (QED) is 0.424. The van der Waals surface area contributed by atoms with Gasteiger partial charge in [-0.2, -0.15) is 0 Å². The summed E-state index contributed by atoms with van der Waals surface area (Å²) in [6, 6.07) is 11.4. The molecule has 2 unspecified atom stereocenters. The highest BCUT2D eigenvalue weighted by molar-refractivity contribution is 6.76. The molecule has 1 aromatic carbocycles. The predicted octanol–water partition coefficient (Wildman–Crippen LogP) is 4.41. The average Bonchev–Trinajstić information content (AvgIpc) is 2.76. The molecule has 2 atom stereocenters. The van der Waals surface area contributed by atoms with Crippen LogP contribution in [-0.4, -0.2) is 26.4 Å². The van der Waals surface area contributed by atoms with Gasteiger partial charge in [-0.1, -0.05) is 50.0 Å². The maximum absolute atomic E-state index is 5.76. The Balaban J connectivity index is 1.68. The highest BCUT2D eigenvalue weighted by Gasteiger charge is 2.39. The lowest BCUT2D eigenvalue weighted by Crippen LogP contribution is -2.29. The molecule has 1 saturated heterocycles. The maximum atomic E-state index is 5.76. The zero-order valence-electron chi connectivity index (χ0n) is 13.7. The lowest BCUT2D eigenvalue weighted by molar-refractivity contribution is -0.322. The van der Waals surface area contributed by atoms with Gasteiger partial charge >= 0.3 is 0 Å². The van der Waals surface area contributed by atoms with Crippen LogP contribution in [0.5, 0.6) is 0 Å². The summed E-state index contributed by atoms with van der Waals surface area (Å²) in [6.07, 6.45) is 2.12. The van der Waals surface area contributed by atoms with Crippen molar-refractivity contribution < 1.29 is 14.5 Å². The second-order valence-corrected chi connectivity index (χ2v) is 13.0. The van der Waals surface area contributed by atoms with E-state index >= 15 is 0 Å². The lowest BCUT2D eigenvalue weighted by Gasteiger charge is -2.21. The fourth-order valence-corrected chi connectivity index (χ4v) is 4.30. The van der Waals surface area contributed by atoms with Gasteiger partial charge in [0.2, 0.25) is 0 Å². The zero-order valence-corrected chi connectivity index (χ0v) is 14.7. The summed E-state index contributed by atoms with van der Waals surface area (Å²) >= 11 is 0. The van der Waals surface area contributed by atoms with Gasteiger partial charge in [0.1, 0.15) is 5.60 Å². The van der Waals surface area contributed by atoms with Crippen LogP contribution in [0.15, 0.2) is 30.3 Å². The third-order valence-electron chi connectivity index (χ3n) is 3.77. The third kappa shape index (κ3) is 5.91. The van der Waals surface area contributed by atoms with Crippen LogP contribution in [0.2, 0.25) is 25.7 Å². The third-order valence-corrected chi connectivity index (χ3v) is 5.45. The summed E-state index contributed by atoms with van der Waals surface area (Å²) < 4.78 is 5.76. The van der Waals surface area contributed by atoms with E-state index in [1.165, 1.54) is 5.56 Å². The number of benzene rings is 1. The van der Waals surface area contributed by atoms with Crippen molar-refractivity contribution in [1.82, 2.24) is 0 Å². The highest BCUT2D eigenvalue weighted by Crippen LogP contribution is 2.34. The molecule has 0 bridgehead atoms. The molecule has 0 aromatic heterocycles. The Morgan fingerprint density at radius 1 is 1.24 bits per heavy atom. The molecule has 0 N–H and O–H groups in total. The van der Waals surface area contributed by atoms with Crippen LogP contribution in [0, 0.1) is 0 Å². The van der Waals surface area contributed by atoms with Crippen molar-refractivity contribution in [3.8, 4) is 0 Å². The summed E-state index contributed by atoms with van der Waals surface area (Å²) in [5.74, 6) is 0. The Labute approximate surface area is 129 Å². The standard InChI is InChI=1S/C17H28O3Si/c1-17(12-16(19-20-17)14-21(2,3)4)10-11-18-13-15-8-6-5-7-9-15/h5-9,16H,10-14H2,1-4H3. The first-order chi connectivity index (χ1) is 9.86. The van der Waals surface area contributed by atoms with Gasteiger partial charge in [-0.15, -0.1) is 0 Å². The average molecular weight is 308 g/mol. The molecule has 0 aliphatic carbocycles. The largest absolute Gasteiger partial charge is 0.377 e. The molecule has 0 saturated carbocycles.